The Morgan fingerprint density at radius 1 is 1.27 bits per heavy atom. The van der Waals surface area contributed by atoms with Gasteiger partial charge in [-0.1, -0.05) is 19.1 Å². The summed E-state index contributed by atoms with van der Waals surface area (Å²) in [7, 11) is 0. The van der Waals surface area contributed by atoms with Crippen LogP contribution in [0.4, 0.5) is 13.2 Å². The first kappa shape index (κ1) is 23.4. The summed E-state index contributed by atoms with van der Waals surface area (Å²) in [6.07, 6.45) is -1.00. The average molecular weight is 427 g/mol. The lowest BCUT2D eigenvalue weighted by molar-refractivity contribution is -0.140. The minimum absolute atomic E-state index is 0.00431. The Labute approximate surface area is 171 Å². The van der Waals surface area contributed by atoms with E-state index in [2.05, 4.69) is 10.3 Å². The number of imidazole rings is 1. The maximum Gasteiger partial charge on any atom is 0.416 e. The number of hydrogen-bond donors (Lipinski definition) is 3. The second-order valence-electron chi connectivity index (χ2n) is 7.25. The number of aromatic nitrogens is 2. The molecule has 0 bridgehead atoms. The van der Waals surface area contributed by atoms with Crippen LogP contribution in [0.15, 0.2) is 36.8 Å². The minimum Gasteiger partial charge on any atom is -0.481 e. The monoisotopic (exact) mass is 427 g/mol. The zero-order valence-corrected chi connectivity index (χ0v) is 16.4. The van der Waals surface area contributed by atoms with E-state index in [0.29, 0.717) is 24.2 Å². The Bertz CT molecular complexity index is 867. The van der Waals surface area contributed by atoms with Crippen LogP contribution in [0.3, 0.4) is 0 Å². The van der Waals surface area contributed by atoms with Crippen LogP contribution in [0.25, 0.3) is 0 Å². The molecule has 1 heterocycles. The molecule has 0 radical (unpaired) electrons. The van der Waals surface area contributed by atoms with Crippen molar-refractivity contribution < 1.29 is 33.0 Å². The van der Waals surface area contributed by atoms with Gasteiger partial charge in [0.15, 0.2) is 0 Å². The van der Waals surface area contributed by atoms with Gasteiger partial charge in [-0.15, -0.1) is 0 Å². The van der Waals surface area contributed by atoms with Crippen molar-refractivity contribution >= 4 is 11.9 Å². The largest absolute Gasteiger partial charge is 0.481 e. The van der Waals surface area contributed by atoms with Crippen LogP contribution in [0.1, 0.15) is 36.6 Å². The normalized spacial score (nSPS) is 13.7. The van der Waals surface area contributed by atoms with E-state index in [1.54, 1.807) is 10.6 Å². The van der Waals surface area contributed by atoms with Crippen molar-refractivity contribution in [3.8, 4) is 0 Å². The molecule has 0 aliphatic carbocycles. The van der Waals surface area contributed by atoms with Gasteiger partial charge < -0.3 is 20.1 Å². The summed E-state index contributed by atoms with van der Waals surface area (Å²) in [5.74, 6) is -2.01. The molecule has 2 aromatic rings. The second kappa shape index (κ2) is 10.2. The summed E-state index contributed by atoms with van der Waals surface area (Å²) in [5.41, 5.74) is 0.235. The zero-order chi connectivity index (χ0) is 22.3. The zero-order valence-electron chi connectivity index (χ0n) is 16.4. The molecule has 7 nitrogen and oxygen atoms in total. The molecule has 30 heavy (non-hydrogen) atoms. The molecule has 0 fully saturated rings. The lowest BCUT2D eigenvalue weighted by Crippen LogP contribution is -2.41. The number of alkyl halides is 3. The Balaban J connectivity index is 2.04. The molecular formula is C20H24F3N3O4. The number of carbonyl (C=O) groups is 2. The van der Waals surface area contributed by atoms with E-state index in [1.165, 1.54) is 18.6 Å². The van der Waals surface area contributed by atoms with E-state index in [-0.39, 0.29) is 25.3 Å². The first-order valence-corrected chi connectivity index (χ1v) is 9.39. The van der Waals surface area contributed by atoms with Gasteiger partial charge in [0.25, 0.3) is 0 Å². The number of rotatable bonds is 11. The molecule has 0 aliphatic rings. The fraction of sp³-hybridized carbons (Fsp3) is 0.450. The number of nitrogens with one attached hydrogen (secondary N) is 1. The van der Waals surface area contributed by atoms with E-state index in [9.17, 15) is 27.9 Å². The summed E-state index contributed by atoms with van der Waals surface area (Å²) >= 11 is 0. The van der Waals surface area contributed by atoms with Gasteiger partial charge in [0, 0.05) is 31.3 Å². The topological polar surface area (TPSA) is 104 Å². The molecule has 0 aliphatic heterocycles. The Kier molecular flexibility index (Phi) is 7.99. The lowest BCUT2D eigenvalue weighted by atomic mass is 10.0. The molecular weight excluding hydrogens is 403 g/mol. The minimum atomic E-state index is -4.44. The van der Waals surface area contributed by atoms with Crippen molar-refractivity contribution in [3.63, 3.8) is 0 Å². The molecule has 0 saturated carbocycles. The number of halogens is 3. The number of nitrogens with zero attached hydrogens (tertiary/aromatic N) is 2. The van der Waals surface area contributed by atoms with E-state index in [1.807, 2.05) is 6.92 Å². The molecule has 3 N–H and O–H groups in total. The highest BCUT2D eigenvalue weighted by molar-refractivity contribution is 5.73. The van der Waals surface area contributed by atoms with Gasteiger partial charge in [-0.25, -0.2) is 4.98 Å². The summed E-state index contributed by atoms with van der Waals surface area (Å²) in [5, 5.41) is 21.1. The summed E-state index contributed by atoms with van der Waals surface area (Å²) < 4.78 is 40.3. The average Bonchev–Trinajstić information content (AvgIpc) is 3.09. The molecule has 0 spiro atoms. The third-order valence-corrected chi connectivity index (χ3v) is 4.68. The Hall–Kier alpha value is -2.88. The van der Waals surface area contributed by atoms with Crippen LogP contribution in [-0.2, 0) is 28.7 Å². The van der Waals surface area contributed by atoms with E-state index in [4.69, 9.17) is 5.11 Å². The third-order valence-electron chi connectivity index (χ3n) is 4.68. The van der Waals surface area contributed by atoms with Gasteiger partial charge in [-0.2, -0.15) is 13.2 Å². The maximum absolute atomic E-state index is 12.9. The van der Waals surface area contributed by atoms with Gasteiger partial charge >= 0.3 is 18.1 Å². The second-order valence-corrected chi connectivity index (χ2v) is 7.25. The van der Waals surface area contributed by atoms with E-state index >= 15 is 0 Å². The maximum atomic E-state index is 12.9. The Morgan fingerprint density at radius 3 is 2.63 bits per heavy atom. The van der Waals surface area contributed by atoms with Crippen LogP contribution in [0, 0.1) is 5.92 Å². The summed E-state index contributed by atoms with van der Waals surface area (Å²) in [6, 6.07) is 4.01. The predicted octanol–water partition coefficient (Wildman–Crippen LogP) is 3.04. The number of benzene rings is 1. The van der Waals surface area contributed by atoms with Crippen molar-refractivity contribution in [2.24, 2.45) is 5.92 Å². The SMILES string of the molecule is CC(CCC(=O)O)CNC(Cc1cncn1Cc1cccc(C(F)(F)F)c1)C(=O)O. The number of hydrogen-bond acceptors (Lipinski definition) is 4. The quantitative estimate of drug-likeness (QED) is 0.509. The van der Waals surface area contributed by atoms with Gasteiger partial charge in [0.2, 0.25) is 0 Å². The van der Waals surface area contributed by atoms with Gasteiger partial charge in [0.05, 0.1) is 11.9 Å². The number of carboxylic acid groups (broad SMARTS) is 2. The highest BCUT2D eigenvalue weighted by Gasteiger charge is 2.30. The summed E-state index contributed by atoms with van der Waals surface area (Å²) in [6.45, 7) is 2.28. The predicted molar refractivity (Wildman–Crippen MR) is 102 cm³/mol. The fourth-order valence-electron chi connectivity index (χ4n) is 2.97. The van der Waals surface area contributed by atoms with Crippen molar-refractivity contribution in [3.05, 3.63) is 53.6 Å². The lowest BCUT2D eigenvalue weighted by Gasteiger charge is -2.18. The van der Waals surface area contributed by atoms with Crippen molar-refractivity contribution in [1.82, 2.24) is 14.9 Å². The number of aliphatic carboxylic acids is 2. The molecule has 2 atom stereocenters. The molecule has 1 aromatic heterocycles. The highest BCUT2D eigenvalue weighted by Crippen LogP contribution is 2.29. The molecule has 2 rings (SSSR count). The van der Waals surface area contributed by atoms with Crippen molar-refractivity contribution in [1.29, 1.82) is 0 Å². The number of carboxylic acids is 2. The van der Waals surface area contributed by atoms with E-state index < -0.39 is 29.7 Å². The van der Waals surface area contributed by atoms with Gasteiger partial charge in [-0.05, 0) is 36.6 Å². The van der Waals surface area contributed by atoms with Crippen LogP contribution < -0.4 is 5.32 Å². The highest BCUT2D eigenvalue weighted by atomic mass is 19.4. The molecule has 10 heteroatoms. The van der Waals surface area contributed by atoms with Crippen LogP contribution in [0.5, 0.6) is 0 Å². The van der Waals surface area contributed by atoms with Crippen LogP contribution >= 0.6 is 0 Å². The van der Waals surface area contributed by atoms with Crippen molar-refractivity contribution in [2.45, 2.75) is 44.9 Å². The first-order valence-electron chi connectivity index (χ1n) is 9.39. The molecule has 164 valence electrons. The smallest absolute Gasteiger partial charge is 0.416 e. The van der Waals surface area contributed by atoms with Crippen LogP contribution in [0.2, 0.25) is 0 Å². The van der Waals surface area contributed by atoms with Crippen molar-refractivity contribution in [2.75, 3.05) is 6.54 Å². The van der Waals surface area contributed by atoms with E-state index in [0.717, 1.165) is 12.1 Å². The van der Waals surface area contributed by atoms with Gasteiger partial charge in [0.1, 0.15) is 6.04 Å². The molecule has 1 aromatic carbocycles. The summed E-state index contributed by atoms with van der Waals surface area (Å²) in [4.78, 5) is 26.3. The molecule has 2 unspecified atom stereocenters. The molecule has 0 amide bonds. The third kappa shape index (κ3) is 7.18. The standard InChI is InChI=1S/C20H24F3N3O4/c1-13(5-6-18(27)28)9-25-17(19(29)30)8-16-10-24-12-26(16)11-14-3-2-4-15(7-14)20(21,22)23/h2-4,7,10,12-13,17,25H,5-6,8-9,11H2,1H3,(H,27,28)(H,29,30). The first-order chi connectivity index (χ1) is 14.1. The van der Waals surface area contributed by atoms with Gasteiger partial charge in [-0.3, -0.25) is 9.59 Å². The molecule has 0 saturated heterocycles. The fourth-order valence-corrected chi connectivity index (χ4v) is 2.97. The van der Waals surface area contributed by atoms with Crippen LogP contribution in [-0.4, -0.2) is 44.3 Å². The Morgan fingerprint density at radius 2 is 2.00 bits per heavy atom.